The van der Waals surface area contributed by atoms with E-state index in [0.717, 1.165) is 0 Å². The first-order valence-electron chi connectivity index (χ1n) is 6.28. The van der Waals surface area contributed by atoms with Crippen molar-refractivity contribution in [2.45, 2.75) is 19.9 Å². The highest BCUT2D eigenvalue weighted by Crippen LogP contribution is 2.27. The number of carboxylic acid groups (broad SMARTS) is 1. The summed E-state index contributed by atoms with van der Waals surface area (Å²) >= 11 is 0. The second-order valence-corrected chi connectivity index (χ2v) is 4.65. The largest absolute Gasteiger partial charge is 0.495 e. The van der Waals surface area contributed by atoms with Crippen LogP contribution >= 0.6 is 0 Å². The van der Waals surface area contributed by atoms with E-state index in [0.29, 0.717) is 5.75 Å². The molecule has 1 unspecified atom stereocenters. The fourth-order valence-corrected chi connectivity index (χ4v) is 1.73. The zero-order valence-corrected chi connectivity index (χ0v) is 12.0. The summed E-state index contributed by atoms with van der Waals surface area (Å²) in [6.07, 6.45) is 0. The minimum atomic E-state index is -1.12. The van der Waals surface area contributed by atoms with Crippen molar-refractivity contribution < 1.29 is 19.4 Å². The van der Waals surface area contributed by atoms with Crippen molar-refractivity contribution in [1.29, 1.82) is 5.26 Å². The van der Waals surface area contributed by atoms with Crippen LogP contribution < -0.4 is 15.4 Å². The van der Waals surface area contributed by atoms with E-state index in [1.165, 1.54) is 13.2 Å². The highest BCUT2D eigenvalue weighted by molar-refractivity contribution is 5.95. The summed E-state index contributed by atoms with van der Waals surface area (Å²) < 4.78 is 5.08. The summed E-state index contributed by atoms with van der Waals surface area (Å²) in [7, 11) is 1.41. The number of urea groups is 1. The minimum Gasteiger partial charge on any atom is -0.495 e. The third-order valence-corrected chi connectivity index (χ3v) is 2.82. The number of hydrogen-bond acceptors (Lipinski definition) is 4. The van der Waals surface area contributed by atoms with E-state index in [2.05, 4.69) is 10.6 Å². The van der Waals surface area contributed by atoms with Gasteiger partial charge in [-0.05, 0) is 18.1 Å². The van der Waals surface area contributed by atoms with Gasteiger partial charge in [0.15, 0.2) is 0 Å². The topological polar surface area (TPSA) is 111 Å². The number of aliphatic carboxylic acids is 1. The van der Waals surface area contributed by atoms with Crippen LogP contribution in [0.25, 0.3) is 0 Å². The molecule has 1 aromatic rings. The number of para-hydroxylation sites is 1. The van der Waals surface area contributed by atoms with Gasteiger partial charge in [-0.15, -0.1) is 0 Å². The van der Waals surface area contributed by atoms with Crippen LogP contribution in [-0.2, 0) is 4.79 Å². The lowest BCUT2D eigenvalue weighted by Crippen LogP contribution is -2.46. The Labute approximate surface area is 122 Å². The third kappa shape index (κ3) is 4.11. The monoisotopic (exact) mass is 291 g/mol. The summed E-state index contributed by atoms with van der Waals surface area (Å²) in [6, 6.07) is 4.94. The van der Waals surface area contributed by atoms with Crippen LogP contribution in [0, 0.1) is 17.2 Å². The molecule has 21 heavy (non-hydrogen) atoms. The highest BCUT2D eigenvalue weighted by Gasteiger charge is 2.24. The van der Waals surface area contributed by atoms with Gasteiger partial charge in [0, 0.05) is 0 Å². The predicted octanol–water partition coefficient (Wildman–Crippen LogP) is 1.80. The predicted molar refractivity (Wildman–Crippen MR) is 76.1 cm³/mol. The van der Waals surface area contributed by atoms with Gasteiger partial charge in [-0.2, -0.15) is 5.26 Å². The first kappa shape index (κ1) is 16.3. The van der Waals surface area contributed by atoms with E-state index in [1.54, 1.807) is 26.0 Å². The van der Waals surface area contributed by atoms with Crippen LogP contribution in [0.2, 0.25) is 0 Å². The van der Waals surface area contributed by atoms with Crippen molar-refractivity contribution >= 4 is 17.7 Å². The average Bonchev–Trinajstić information content (AvgIpc) is 2.44. The smallest absolute Gasteiger partial charge is 0.326 e. The second kappa shape index (κ2) is 7.14. The number of rotatable bonds is 5. The molecule has 0 aliphatic heterocycles. The summed E-state index contributed by atoms with van der Waals surface area (Å²) in [4.78, 5) is 23.0. The van der Waals surface area contributed by atoms with Crippen LogP contribution in [0.15, 0.2) is 18.2 Å². The van der Waals surface area contributed by atoms with E-state index in [1.807, 2.05) is 6.07 Å². The molecule has 0 aliphatic rings. The highest BCUT2D eigenvalue weighted by atomic mass is 16.5. The number of carbonyl (C=O) groups is 2. The Balaban J connectivity index is 2.94. The molecule has 0 saturated heterocycles. The Morgan fingerprint density at radius 1 is 1.38 bits per heavy atom. The Bertz CT molecular complexity index is 578. The number of benzene rings is 1. The van der Waals surface area contributed by atoms with Gasteiger partial charge >= 0.3 is 12.0 Å². The average molecular weight is 291 g/mol. The van der Waals surface area contributed by atoms with Gasteiger partial charge in [0.1, 0.15) is 23.5 Å². The van der Waals surface area contributed by atoms with Gasteiger partial charge in [-0.25, -0.2) is 9.59 Å². The lowest BCUT2D eigenvalue weighted by molar-refractivity contribution is -0.140. The first-order valence-corrected chi connectivity index (χ1v) is 6.28. The van der Waals surface area contributed by atoms with Crippen LogP contribution in [0.5, 0.6) is 5.75 Å². The van der Waals surface area contributed by atoms with Crippen molar-refractivity contribution in [2.75, 3.05) is 12.4 Å². The van der Waals surface area contributed by atoms with Crippen LogP contribution in [0.4, 0.5) is 10.5 Å². The molecule has 0 spiro atoms. The number of amides is 2. The zero-order valence-electron chi connectivity index (χ0n) is 12.0. The molecule has 0 heterocycles. The van der Waals surface area contributed by atoms with E-state index < -0.39 is 18.0 Å². The molecule has 0 radical (unpaired) electrons. The quantitative estimate of drug-likeness (QED) is 0.765. The number of nitrogens with one attached hydrogen (secondary N) is 2. The third-order valence-electron chi connectivity index (χ3n) is 2.82. The van der Waals surface area contributed by atoms with Crippen molar-refractivity contribution in [2.24, 2.45) is 5.92 Å². The van der Waals surface area contributed by atoms with Crippen molar-refractivity contribution in [3.8, 4) is 11.8 Å². The second-order valence-electron chi connectivity index (χ2n) is 4.65. The van der Waals surface area contributed by atoms with Crippen molar-refractivity contribution in [3.63, 3.8) is 0 Å². The molecule has 7 heteroatoms. The molecule has 1 atom stereocenters. The molecule has 2 amide bonds. The molecule has 112 valence electrons. The molecule has 7 nitrogen and oxygen atoms in total. The van der Waals surface area contributed by atoms with Gasteiger partial charge in [0.25, 0.3) is 0 Å². The molecule has 0 aromatic heterocycles. The Kier molecular flexibility index (Phi) is 5.55. The number of ether oxygens (including phenoxy) is 1. The SMILES string of the molecule is COc1cccc(C#N)c1NC(=O)NC(C(=O)O)C(C)C. The van der Waals surface area contributed by atoms with Crippen LogP contribution in [0.3, 0.4) is 0 Å². The fraction of sp³-hybridized carbons (Fsp3) is 0.357. The van der Waals surface area contributed by atoms with Crippen LogP contribution in [-0.4, -0.2) is 30.3 Å². The van der Waals surface area contributed by atoms with Gasteiger partial charge in [0.05, 0.1) is 12.7 Å². The van der Waals surface area contributed by atoms with E-state index in [4.69, 9.17) is 15.1 Å². The molecule has 0 bridgehead atoms. The summed E-state index contributed by atoms with van der Waals surface area (Å²) in [5.41, 5.74) is 0.425. The van der Waals surface area contributed by atoms with Gasteiger partial charge in [-0.3, -0.25) is 0 Å². The molecule has 3 N–H and O–H groups in total. The van der Waals surface area contributed by atoms with Crippen LogP contribution in [0.1, 0.15) is 19.4 Å². The summed E-state index contributed by atoms with van der Waals surface area (Å²) in [6.45, 7) is 3.37. The maximum absolute atomic E-state index is 11.9. The summed E-state index contributed by atoms with van der Waals surface area (Å²) in [5, 5.41) is 22.9. The van der Waals surface area contributed by atoms with Gasteiger partial charge < -0.3 is 20.5 Å². The Hall–Kier alpha value is -2.75. The molecular weight excluding hydrogens is 274 g/mol. The Morgan fingerprint density at radius 3 is 2.52 bits per heavy atom. The zero-order chi connectivity index (χ0) is 16.0. The number of methoxy groups -OCH3 is 1. The van der Waals surface area contributed by atoms with Gasteiger partial charge in [0.2, 0.25) is 0 Å². The number of carboxylic acids is 1. The van der Waals surface area contributed by atoms with E-state index in [9.17, 15) is 9.59 Å². The lowest BCUT2D eigenvalue weighted by Gasteiger charge is -2.19. The fourth-order valence-electron chi connectivity index (χ4n) is 1.73. The molecular formula is C14H17N3O4. The number of hydrogen-bond donors (Lipinski definition) is 3. The maximum Gasteiger partial charge on any atom is 0.326 e. The lowest BCUT2D eigenvalue weighted by atomic mass is 10.1. The first-order chi connectivity index (χ1) is 9.90. The van der Waals surface area contributed by atoms with Crippen molar-refractivity contribution in [3.05, 3.63) is 23.8 Å². The van der Waals surface area contributed by atoms with Gasteiger partial charge in [-0.1, -0.05) is 19.9 Å². The normalized spacial score (nSPS) is 11.4. The minimum absolute atomic E-state index is 0.202. The molecule has 1 aromatic carbocycles. The Morgan fingerprint density at radius 2 is 2.05 bits per heavy atom. The number of nitriles is 1. The standard InChI is InChI=1S/C14H17N3O4/c1-8(2)11(13(18)19)16-14(20)17-12-9(7-15)5-4-6-10(12)21-3/h4-6,8,11H,1-3H3,(H,18,19)(H2,16,17,20). The number of anilines is 1. The number of nitrogens with zero attached hydrogens (tertiary/aromatic N) is 1. The molecule has 0 saturated carbocycles. The van der Waals surface area contributed by atoms with E-state index >= 15 is 0 Å². The molecule has 0 fully saturated rings. The van der Waals surface area contributed by atoms with Crippen molar-refractivity contribution in [1.82, 2.24) is 5.32 Å². The number of carbonyl (C=O) groups excluding carboxylic acids is 1. The molecule has 1 rings (SSSR count). The molecule has 0 aliphatic carbocycles. The summed E-state index contributed by atoms with van der Waals surface area (Å²) in [5.74, 6) is -1.08. The maximum atomic E-state index is 11.9. The van der Waals surface area contributed by atoms with E-state index in [-0.39, 0.29) is 17.2 Å².